The Morgan fingerprint density at radius 2 is 1.94 bits per heavy atom. The zero-order valence-electron chi connectivity index (χ0n) is 17.7. The maximum Gasteiger partial charge on any atom is 0.291 e. The molecule has 1 aromatic carbocycles. The number of Topliss-reactive ketones (excluding diaryl/α,β-unsaturated/α-hetero) is 1. The van der Waals surface area contributed by atoms with E-state index in [1.54, 1.807) is 24.3 Å². The molecule has 1 heterocycles. The number of carbonyl (C=O) groups excluding carboxylic acids is 4. The number of amides is 3. The van der Waals surface area contributed by atoms with Crippen molar-refractivity contribution >= 4 is 57.6 Å². The molecule has 0 bridgehead atoms. The molecule has 0 saturated carbocycles. The van der Waals surface area contributed by atoms with Gasteiger partial charge in [-0.1, -0.05) is 43.1 Å². The molecule has 0 aliphatic carbocycles. The van der Waals surface area contributed by atoms with Crippen LogP contribution in [-0.2, 0) is 14.4 Å². The molecule has 0 aliphatic heterocycles. The van der Waals surface area contributed by atoms with Crippen LogP contribution in [0.5, 0.6) is 0 Å². The monoisotopic (exact) mass is 486 g/mol. The van der Waals surface area contributed by atoms with Crippen molar-refractivity contribution in [3.63, 3.8) is 0 Å². The third-order valence-corrected chi connectivity index (χ3v) is 5.27. The number of nitrogens with zero attached hydrogens (tertiary/aromatic N) is 1. The maximum atomic E-state index is 13.3. The molecule has 2 aromatic rings. The zero-order chi connectivity index (χ0) is 24.0. The van der Waals surface area contributed by atoms with Crippen LogP contribution >= 0.6 is 23.2 Å². The van der Waals surface area contributed by atoms with Gasteiger partial charge >= 0.3 is 0 Å². The summed E-state index contributed by atoms with van der Waals surface area (Å²) in [7, 11) is 0. The summed E-state index contributed by atoms with van der Waals surface area (Å²) < 4.78 is 13.3. The van der Waals surface area contributed by atoms with Gasteiger partial charge in [-0.2, -0.15) is 0 Å². The first-order valence-corrected chi connectivity index (χ1v) is 10.8. The van der Waals surface area contributed by atoms with Crippen LogP contribution in [0, 0.1) is 11.8 Å². The van der Waals surface area contributed by atoms with E-state index in [1.165, 1.54) is 0 Å². The Bertz CT molecular complexity index is 1010. The number of primary amides is 1. The molecule has 2 atom stereocenters. The number of hydrogen-bond acceptors (Lipinski definition) is 4. The van der Waals surface area contributed by atoms with E-state index in [4.69, 9.17) is 28.9 Å². The van der Waals surface area contributed by atoms with E-state index < -0.39 is 29.3 Å². The van der Waals surface area contributed by atoms with Gasteiger partial charge in [0, 0.05) is 34.7 Å². The Kier molecular flexibility index (Phi) is 9.03. The molecule has 3 amide bonds. The molecule has 2 rings (SSSR count). The van der Waals surface area contributed by atoms with Gasteiger partial charge in [0.15, 0.2) is 5.78 Å². The van der Waals surface area contributed by atoms with Crippen molar-refractivity contribution in [2.75, 3.05) is 6.54 Å². The lowest BCUT2D eigenvalue weighted by Gasteiger charge is -2.26. The first kappa shape index (κ1) is 25.6. The number of rotatable bonds is 10. The molecule has 1 unspecified atom stereocenters. The molecule has 0 saturated heterocycles. The molecule has 0 spiro atoms. The number of ketones is 1. The normalized spacial score (nSPS) is 13.1. The highest BCUT2D eigenvalue weighted by atomic mass is 35.5. The number of H-pyrrole nitrogens is 1. The summed E-state index contributed by atoms with van der Waals surface area (Å²) in [5.41, 5.74) is 5.92. The first-order chi connectivity index (χ1) is 15.0. The lowest BCUT2D eigenvalue weighted by molar-refractivity contribution is -0.145. The highest BCUT2D eigenvalue weighted by Crippen LogP contribution is 2.26. The largest absolute Gasteiger partial charge is 0.370 e. The van der Waals surface area contributed by atoms with Crippen molar-refractivity contribution in [2.45, 2.75) is 38.7 Å². The van der Waals surface area contributed by atoms with E-state index >= 15 is 0 Å². The maximum absolute atomic E-state index is 13.3. The summed E-state index contributed by atoms with van der Waals surface area (Å²) in [6.07, 6.45) is -0.137. The Hall–Kier alpha value is -2.65. The van der Waals surface area contributed by atoms with E-state index in [2.05, 4.69) is 10.4 Å². The number of halogens is 3. The minimum Gasteiger partial charge on any atom is -0.370 e. The molecule has 0 radical (unpaired) electrons. The lowest BCUT2D eigenvalue weighted by Crippen LogP contribution is -2.51. The number of hydrazine groups is 1. The SMILES string of the molecule is CC(C)C[C@H](CC(=O)c1cc2c(Cl)cccc2[nH]1)C(=O)NN(CCC(N)=O)C(=O)C(F)Cl. The van der Waals surface area contributed by atoms with Crippen LogP contribution < -0.4 is 11.2 Å². The van der Waals surface area contributed by atoms with Crippen LogP contribution in [0.15, 0.2) is 24.3 Å². The van der Waals surface area contributed by atoms with Crippen LogP contribution in [0.25, 0.3) is 10.9 Å². The van der Waals surface area contributed by atoms with E-state index in [9.17, 15) is 23.6 Å². The number of alkyl halides is 2. The van der Waals surface area contributed by atoms with Gasteiger partial charge in [-0.15, -0.1) is 0 Å². The van der Waals surface area contributed by atoms with E-state index in [1.807, 2.05) is 13.8 Å². The van der Waals surface area contributed by atoms with Gasteiger partial charge in [0.05, 0.1) is 12.2 Å². The van der Waals surface area contributed by atoms with Crippen LogP contribution in [0.4, 0.5) is 4.39 Å². The molecule has 0 fully saturated rings. The van der Waals surface area contributed by atoms with Crippen molar-refractivity contribution in [1.82, 2.24) is 15.4 Å². The van der Waals surface area contributed by atoms with Crippen LogP contribution in [0.2, 0.25) is 5.02 Å². The van der Waals surface area contributed by atoms with Crippen molar-refractivity contribution in [1.29, 1.82) is 0 Å². The van der Waals surface area contributed by atoms with Gasteiger partial charge in [0.25, 0.3) is 11.5 Å². The second-order valence-corrected chi connectivity index (χ2v) is 8.61. The van der Waals surface area contributed by atoms with Gasteiger partial charge in [-0.3, -0.25) is 24.6 Å². The standard InChI is InChI=1S/C21H25Cl2FN4O4/c1-11(2)8-12(20(31)27-28(7-6-18(25)30)21(32)19(23)24)9-17(29)16-10-13-14(22)4-3-5-15(13)26-16/h3-5,10-12,19,26H,6-9H2,1-2H3,(H2,25,30)(H,27,31)/t12-,19?/m1/s1. The number of nitrogens with one attached hydrogen (secondary N) is 2. The molecule has 174 valence electrons. The minimum atomic E-state index is -2.41. The predicted molar refractivity (Wildman–Crippen MR) is 120 cm³/mol. The molecule has 11 heteroatoms. The van der Waals surface area contributed by atoms with E-state index in [0.717, 1.165) is 0 Å². The molecule has 4 N–H and O–H groups in total. The summed E-state index contributed by atoms with van der Waals surface area (Å²) in [6.45, 7) is 3.40. The molecule has 1 aromatic heterocycles. The number of hydrogen-bond donors (Lipinski definition) is 3. The second-order valence-electron chi connectivity index (χ2n) is 7.82. The van der Waals surface area contributed by atoms with Crippen LogP contribution in [-0.4, -0.2) is 45.7 Å². The highest BCUT2D eigenvalue weighted by molar-refractivity contribution is 6.35. The Balaban J connectivity index is 2.19. The average molecular weight is 487 g/mol. The number of aromatic nitrogens is 1. The zero-order valence-corrected chi connectivity index (χ0v) is 19.2. The van der Waals surface area contributed by atoms with Crippen molar-refractivity contribution in [3.8, 4) is 0 Å². The third kappa shape index (κ3) is 6.93. The Morgan fingerprint density at radius 1 is 1.25 bits per heavy atom. The number of carbonyl (C=O) groups is 4. The fourth-order valence-electron chi connectivity index (χ4n) is 3.24. The van der Waals surface area contributed by atoms with Gasteiger partial charge in [0.2, 0.25) is 11.8 Å². The smallest absolute Gasteiger partial charge is 0.291 e. The summed E-state index contributed by atoms with van der Waals surface area (Å²) in [4.78, 5) is 51.8. The van der Waals surface area contributed by atoms with Gasteiger partial charge in [-0.25, -0.2) is 9.40 Å². The van der Waals surface area contributed by atoms with Crippen LogP contribution in [0.3, 0.4) is 0 Å². The predicted octanol–water partition coefficient (Wildman–Crippen LogP) is 3.33. The van der Waals surface area contributed by atoms with Crippen molar-refractivity contribution < 1.29 is 23.6 Å². The number of benzene rings is 1. The fourth-order valence-corrected chi connectivity index (χ4v) is 3.59. The number of aromatic amines is 1. The average Bonchev–Trinajstić information content (AvgIpc) is 3.15. The fraction of sp³-hybridized carbons (Fsp3) is 0.429. The molecular formula is C21H25Cl2FN4O4. The summed E-state index contributed by atoms with van der Waals surface area (Å²) in [6, 6.07) is 6.84. The molecule has 0 aliphatic rings. The van der Waals surface area contributed by atoms with Crippen molar-refractivity contribution in [2.24, 2.45) is 17.6 Å². The lowest BCUT2D eigenvalue weighted by atomic mass is 9.91. The first-order valence-electron chi connectivity index (χ1n) is 9.98. The van der Waals surface area contributed by atoms with Crippen LogP contribution in [0.1, 0.15) is 43.6 Å². The Labute approximate surface area is 194 Å². The quantitative estimate of drug-likeness (QED) is 0.270. The minimum absolute atomic E-state index is 0.0485. The third-order valence-electron chi connectivity index (χ3n) is 4.75. The molecule has 8 nitrogen and oxygen atoms in total. The van der Waals surface area contributed by atoms with Gasteiger partial charge in [-0.05, 0) is 30.5 Å². The summed E-state index contributed by atoms with van der Waals surface area (Å²) >= 11 is 11.4. The van der Waals surface area contributed by atoms with Crippen molar-refractivity contribution in [3.05, 3.63) is 35.0 Å². The van der Waals surface area contributed by atoms with E-state index in [-0.39, 0.29) is 31.1 Å². The molecular weight excluding hydrogens is 462 g/mol. The topological polar surface area (TPSA) is 125 Å². The number of fused-ring (bicyclic) bond motifs is 1. The summed E-state index contributed by atoms with van der Waals surface area (Å²) in [5, 5.41) is 1.78. The summed E-state index contributed by atoms with van der Waals surface area (Å²) in [5.74, 6) is -3.74. The Morgan fingerprint density at radius 3 is 2.50 bits per heavy atom. The molecule has 32 heavy (non-hydrogen) atoms. The highest BCUT2D eigenvalue weighted by Gasteiger charge is 2.29. The van der Waals surface area contributed by atoms with Gasteiger partial charge in [0.1, 0.15) is 0 Å². The van der Waals surface area contributed by atoms with Gasteiger partial charge < -0.3 is 10.7 Å². The number of nitrogens with two attached hydrogens (primary N) is 1. The van der Waals surface area contributed by atoms with E-state index in [0.29, 0.717) is 33.0 Å². The second kappa shape index (κ2) is 11.3.